The van der Waals surface area contributed by atoms with Crippen LogP contribution in [0.1, 0.15) is 103 Å². The Morgan fingerprint density at radius 1 is 0.583 bits per heavy atom. The molecule has 138 valence electrons. The second-order valence-corrected chi connectivity index (χ2v) is 7.41. The van der Waals surface area contributed by atoms with Gasteiger partial charge in [0.15, 0.2) is 0 Å². The highest BCUT2D eigenvalue weighted by Gasteiger charge is 2.18. The van der Waals surface area contributed by atoms with E-state index in [1.807, 2.05) is 0 Å². The molecule has 0 saturated heterocycles. The highest BCUT2D eigenvalue weighted by Crippen LogP contribution is 2.21. The maximum absolute atomic E-state index is 11.9. The molecule has 2 rings (SSSR count). The van der Waals surface area contributed by atoms with Gasteiger partial charge in [-0.3, -0.25) is 9.59 Å². The van der Waals surface area contributed by atoms with E-state index >= 15 is 0 Å². The quantitative estimate of drug-likeness (QED) is 0.369. The summed E-state index contributed by atoms with van der Waals surface area (Å²) in [5.41, 5.74) is 0. The van der Waals surface area contributed by atoms with Crippen molar-refractivity contribution >= 4 is 11.9 Å². The lowest BCUT2D eigenvalue weighted by atomic mass is 10.1. The average Bonchev–Trinajstić information content (AvgIpc) is 2.96. The number of carbonyl (C=O) groups excluding carboxylic acids is 2. The Labute approximate surface area is 146 Å². The fourth-order valence-electron chi connectivity index (χ4n) is 3.75. The van der Waals surface area contributed by atoms with Gasteiger partial charge in [-0.1, -0.05) is 25.7 Å². The Balaban J connectivity index is 1.51. The van der Waals surface area contributed by atoms with Crippen LogP contribution in [-0.2, 0) is 19.1 Å². The molecule has 2 aliphatic rings. The third-order valence-corrected chi connectivity index (χ3v) is 5.21. The number of rotatable bonds is 7. The first-order chi connectivity index (χ1) is 11.7. The lowest BCUT2D eigenvalue weighted by Gasteiger charge is -2.16. The standard InChI is InChI=1S/C20H34O4/c21-19(23-17-11-5-1-2-6-12-17)15-9-10-16-20(22)24-18-13-7-3-4-8-14-18/h17-18H,1-16H2. The molecule has 2 aliphatic carbocycles. The van der Waals surface area contributed by atoms with Crippen molar-refractivity contribution in [1.82, 2.24) is 0 Å². The maximum atomic E-state index is 11.9. The summed E-state index contributed by atoms with van der Waals surface area (Å²) in [7, 11) is 0. The van der Waals surface area contributed by atoms with Crippen LogP contribution in [0.25, 0.3) is 0 Å². The molecule has 0 bridgehead atoms. The van der Waals surface area contributed by atoms with Crippen molar-refractivity contribution in [2.75, 3.05) is 0 Å². The Morgan fingerprint density at radius 3 is 1.25 bits per heavy atom. The van der Waals surface area contributed by atoms with Gasteiger partial charge in [0.2, 0.25) is 0 Å². The molecule has 0 heterocycles. The summed E-state index contributed by atoms with van der Waals surface area (Å²) in [4.78, 5) is 23.8. The van der Waals surface area contributed by atoms with Crippen molar-refractivity contribution in [3.63, 3.8) is 0 Å². The normalized spacial score (nSPS) is 20.8. The molecule has 0 aliphatic heterocycles. The van der Waals surface area contributed by atoms with Gasteiger partial charge in [-0.2, -0.15) is 0 Å². The van der Waals surface area contributed by atoms with Gasteiger partial charge in [0.1, 0.15) is 12.2 Å². The first-order valence-electron chi connectivity index (χ1n) is 10.1. The highest BCUT2D eigenvalue weighted by atomic mass is 16.5. The molecule has 2 saturated carbocycles. The maximum Gasteiger partial charge on any atom is 0.306 e. The summed E-state index contributed by atoms with van der Waals surface area (Å²) in [6.07, 6.45) is 16.3. The summed E-state index contributed by atoms with van der Waals surface area (Å²) in [5.74, 6) is -0.196. The van der Waals surface area contributed by atoms with Crippen LogP contribution in [0.3, 0.4) is 0 Å². The largest absolute Gasteiger partial charge is 0.462 e. The molecule has 0 aromatic carbocycles. The molecule has 24 heavy (non-hydrogen) atoms. The molecule has 0 unspecified atom stereocenters. The van der Waals surface area contributed by atoms with E-state index in [4.69, 9.17) is 9.47 Å². The Kier molecular flexibility index (Phi) is 9.22. The van der Waals surface area contributed by atoms with Crippen LogP contribution in [0.2, 0.25) is 0 Å². The SMILES string of the molecule is O=C(CCCCC(=O)OC1CCCCCC1)OC1CCCCCC1. The first-order valence-corrected chi connectivity index (χ1v) is 10.1. The summed E-state index contributed by atoms with van der Waals surface area (Å²) in [6, 6.07) is 0. The van der Waals surface area contributed by atoms with Crippen LogP contribution in [0.15, 0.2) is 0 Å². The molecule has 2 fully saturated rings. The lowest BCUT2D eigenvalue weighted by Crippen LogP contribution is -2.18. The molecule has 0 amide bonds. The van der Waals surface area contributed by atoms with Crippen LogP contribution in [0.5, 0.6) is 0 Å². The van der Waals surface area contributed by atoms with E-state index in [0.29, 0.717) is 25.7 Å². The van der Waals surface area contributed by atoms with E-state index in [2.05, 4.69) is 0 Å². The van der Waals surface area contributed by atoms with Crippen LogP contribution in [0, 0.1) is 0 Å². The van der Waals surface area contributed by atoms with E-state index in [9.17, 15) is 9.59 Å². The fourth-order valence-corrected chi connectivity index (χ4v) is 3.75. The van der Waals surface area contributed by atoms with Crippen molar-refractivity contribution in [3.8, 4) is 0 Å². The number of esters is 2. The van der Waals surface area contributed by atoms with E-state index in [0.717, 1.165) is 25.7 Å². The number of carbonyl (C=O) groups is 2. The summed E-state index contributed by atoms with van der Waals surface area (Å²) in [6.45, 7) is 0. The minimum absolute atomic E-state index is 0.0981. The second kappa shape index (κ2) is 11.5. The predicted molar refractivity (Wildman–Crippen MR) is 93.6 cm³/mol. The molecule has 0 N–H and O–H groups in total. The van der Waals surface area contributed by atoms with Crippen molar-refractivity contribution in [3.05, 3.63) is 0 Å². The third kappa shape index (κ3) is 8.16. The van der Waals surface area contributed by atoms with Gasteiger partial charge < -0.3 is 9.47 Å². The Hall–Kier alpha value is -1.06. The van der Waals surface area contributed by atoms with Gasteiger partial charge in [0.05, 0.1) is 0 Å². The molecule has 4 heteroatoms. The van der Waals surface area contributed by atoms with Crippen LogP contribution >= 0.6 is 0 Å². The molecule has 4 nitrogen and oxygen atoms in total. The summed E-state index contributed by atoms with van der Waals surface area (Å²) >= 11 is 0. The molecule has 0 atom stereocenters. The predicted octanol–water partition coefficient (Wildman–Crippen LogP) is 5.08. The summed E-state index contributed by atoms with van der Waals surface area (Å²) < 4.78 is 11.1. The molecule has 0 radical (unpaired) electrons. The fraction of sp³-hybridized carbons (Fsp3) is 0.900. The van der Waals surface area contributed by atoms with Gasteiger partial charge >= 0.3 is 11.9 Å². The van der Waals surface area contributed by atoms with Crippen molar-refractivity contribution in [1.29, 1.82) is 0 Å². The zero-order valence-corrected chi connectivity index (χ0v) is 15.1. The number of unbranched alkanes of at least 4 members (excludes halogenated alkanes) is 1. The number of hydrogen-bond acceptors (Lipinski definition) is 4. The Bertz CT molecular complexity index is 328. The topological polar surface area (TPSA) is 52.6 Å². The van der Waals surface area contributed by atoms with Gasteiger partial charge in [-0.15, -0.1) is 0 Å². The average molecular weight is 338 g/mol. The van der Waals surface area contributed by atoms with Gasteiger partial charge in [0.25, 0.3) is 0 Å². The smallest absolute Gasteiger partial charge is 0.306 e. The van der Waals surface area contributed by atoms with Crippen molar-refractivity contribution < 1.29 is 19.1 Å². The first kappa shape index (κ1) is 19.3. The van der Waals surface area contributed by atoms with E-state index < -0.39 is 0 Å². The third-order valence-electron chi connectivity index (χ3n) is 5.21. The van der Waals surface area contributed by atoms with E-state index in [1.54, 1.807) is 0 Å². The van der Waals surface area contributed by atoms with Crippen LogP contribution < -0.4 is 0 Å². The molecular formula is C20H34O4. The number of hydrogen-bond donors (Lipinski definition) is 0. The monoisotopic (exact) mass is 338 g/mol. The van der Waals surface area contributed by atoms with Crippen molar-refractivity contribution in [2.24, 2.45) is 0 Å². The zero-order chi connectivity index (χ0) is 17.0. The second-order valence-electron chi connectivity index (χ2n) is 7.41. The minimum atomic E-state index is -0.0981. The molecular weight excluding hydrogens is 304 g/mol. The number of ether oxygens (including phenoxy) is 2. The summed E-state index contributed by atoms with van der Waals surface area (Å²) in [5, 5.41) is 0. The van der Waals surface area contributed by atoms with Crippen LogP contribution in [0.4, 0.5) is 0 Å². The van der Waals surface area contributed by atoms with E-state index in [1.165, 1.54) is 51.4 Å². The van der Waals surface area contributed by atoms with Gasteiger partial charge in [-0.05, 0) is 64.2 Å². The minimum Gasteiger partial charge on any atom is -0.462 e. The zero-order valence-electron chi connectivity index (χ0n) is 15.1. The van der Waals surface area contributed by atoms with Gasteiger partial charge in [0, 0.05) is 12.8 Å². The van der Waals surface area contributed by atoms with E-state index in [-0.39, 0.29) is 24.1 Å². The molecule has 0 spiro atoms. The van der Waals surface area contributed by atoms with Crippen molar-refractivity contribution in [2.45, 2.75) is 115 Å². The Morgan fingerprint density at radius 2 is 0.917 bits per heavy atom. The lowest BCUT2D eigenvalue weighted by molar-refractivity contribution is -0.152. The van der Waals surface area contributed by atoms with Gasteiger partial charge in [-0.25, -0.2) is 0 Å². The van der Waals surface area contributed by atoms with Crippen LogP contribution in [-0.4, -0.2) is 24.1 Å². The molecule has 0 aromatic rings. The highest BCUT2D eigenvalue weighted by molar-refractivity contribution is 5.70. The molecule has 0 aromatic heterocycles.